The average Bonchev–Trinajstić information content (AvgIpc) is 3.21. The molecule has 0 saturated heterocycles. The minimum absolute atomic E-state index is 0.132. The third-order valence-electron chi connectivity index (χ3n) is 5.99. The zero-order valence-electron chi connectivity index (χ0n) is 17.6. The lowest BCUT2D eigenvalue weighted by molar-refractivity contribution is 0.266. The number of benzene rings is 2. The minimum atomic E-state index is -1.90. The predicted molar refractivity (Wildman–Crippen MR) is 116 cm³/mol. The SMILES string of the molecule is CC(C)(C)[Si](C)(C)OCc1nnc2n(Cc3ccc(F)cc3)c3ccccc3n12. The highest BCUT2D eigenvalue weighted by molar-refractivity contribution is 6.74. The van der Waals surface area contributed by atoms with Crippen LogP contribution in [0.2, 0.25) is 18.1 Å². The summed E-state index contributed by atoms with van der Waals surface area (Å²) >= 11 is 0. The molecule has 2 aromatic carbocycles. The summed E-state index contributed by atoms with van der Waals surface area (Å²) in [4.78, 5) is 0. The zero-order chi connectivity index (χ0) is 20.8. The summed E-state index contributed by atoms with van der Waals surface area (Å²) in [6.45, 7) is 12.2. The van der Waals surface area contributed by atoms with Gasteiger partial charge in [-0.3, -0.25) is 4.40 Å². The van der Waals surface area contributed by atoms with Gasteiger partial charge in [0.15, 0.2) is 14.1 Å². The number of hydrogen-bond acceptors (Lipinski definition) is 3. The Morgan fingerprint density at radius 2 is 1.62 bits per heavy atom. The lowest BCUT2D eigenvalue weighted by atomic mass is 10.2. The number of aromatic nitrogens is 4. The first-order valence-electron chi connectivity index (χ1n) is 9.87. The Morgan fingerprint density at radius 3 is 2.28 bits per heavy atom. The van der Waals surface area contributed by atoms with Crippen molar-refractivity contribution in [1.82, 2.24) is 19.2 Å². The standard InChI is InChI=1S/C22H27FN4OSi/c1-22(2,3)29(4,5)28-15-20-24-25-21-26(14-16-10-12-17(23)13-11-16)18-8-6-7-9-19(18)27(20)21/h6-13H,14-15H2,1-5H3. The largest absolute Gasteiger partial charge is 0.409 e. The van der Waals surface area contributed by atoms with Crippen molar-refractivity contribution in [1.29, 1.82) is 0 Å². The minimum Gasteiger partial charge on any atom is -0.409 e. The molecule has 0 unspecified atom stereocenters. The first kappa shape index (κ1) is 19.8. The Bertz CT molecular complexity index is 1160. The van der Waals surface area contributed by atoms with Gasteiger partial charge in [-0.05, 0) is 48.0 Å². The lowest BCUT2D eigenvalue weighted by Crippen LogP contribution is -2.40. The molecule has 0 aliphatic carbocycles. The monoisotopic (exact) mass is 410 g/mol. The van der Waals surface area contributed by atoms with Crippen LogP contribution in [0.3, 0.4) is 0 Å². The van der Waals surface area contributed by atoms with Crippen LogP contribution in [0.4, 0.5) is 4.39 Å². The van der Waals surface area contributed by atoms with Gasteiger partial charge in [0.05, 0.1) is 24.2 Å². The van der Waals surface area contributed by atoms with Crippen LogP contribution in [0.1, 0.15) is 32.2 Å². The Kier molecular flexibility index (Phi) is 4.83. The van der Waals surface area contributed by atoms with Crippen LogP contribution in [0.15, 0.2) is 48.5 Å². The van der Waals surface area contributed by atoms with Gasteiger partial charge in [-0.2, -0.15) is 0 Å². The second kappa shape index (κ2) is 7.07. The highest BCUT2D eigenvalue weighted by Crippen LogP contribution is 2.37. The van der Waals surface area contributed by atoms with Crippen LogP contribution in [0.25, 0.3) is 16.8 Å². The molecule has 0 radical (unpaired) electrons. The molecule has 7 heteroatoms. The molecule has 0 aliphatic heterocycles. The van der Waals surface area contributed by atoms with Crippen LogP contribution in [-0.4, -0.2) is 27.5 Å². The molecule has 5 nitrogen and oxygen atoms in total. The quantitative estimate of drug-likeness (QED) is 0.414. The van der Waals surface area contributed by atoms with Gasteiger partial charge < -0.3 is 8.99 Å². The van der Waals surface area contributed by atoms with Gasteiger partial charge in [-0.1, -0.05) is 45.0 Å². The number of imidazole rings is 1. The fourth-order valence-corrected chi connectivity index (χ4v) is 4.12. The van der Waals surface area contributed by atoms with Crippen molar-refractivity contribution >= 4 is 25.1 Å². The lowest BCUT2D eigenvalue weighted by Gasteiger charge is -2.35. The van der Waals surface area contributed by atoms with Crippen molar-refractivity contribution < 1.29 is 8.82 Å². The second-order valence-electron chi connectivity index (χ2n) is 9.00. The molecule has 0 amide bonds. The third kappa shape index (κ3) is 3.60. The number of para-hydroxylation sites is 2. The van der Waals surface area contributed by atoms with Crippen LogP contribution in [-0.2, 0) is 17.6 Å². The molecule has 2 aromatic heterocycles. The Morgan fingerprint density at radius 1 is 0.966 bits per heavy atom. The first-order valence-corrected chi connectivity index (χ1v) is 12.8. The Hall–Kier alpha value is -2.51. The van der Waals surface area contributed by atoms with E-state index in [2.05, 4.69) is 65.2 Å². The number of hydrogen-bond donors (Lipinski definition) is 0. The first-order chi connectivity index (χ1) is 13.7. The van der Waals surface area contributed by atoms with Crippen molar-refractivity contribution in [3.8, 4) is 0 Å². The number of rotatable bonds is 5. The van der Waals surface area contributed by atoms with E-state index in [1.807, 2.05) is 12.1 Å². The molecule has 0 saturated carbocycles. The molecule has 0 spiro atoms. The van der Waals surface area contributed by atoms with E-state index >= 15 is 0 Å². The van der Waals surface area contributed by atoms with E-state index in [9.17, 15) is 4.39 Å². The van der Waals surface area contributed by atoms with E-state index in [1.54, 1.807) is 12.1 Å². The molecule has 0 fully saturated rings. The van der Waals surface area contributed by atoms with Gasteiger partial charge in [0.1, 0.15) is 5.82 Å². The van der Waals surface area contributed by atoms with Gasteiger partial charge in [0, 0.05) is 0 Å². The summed E-state index contributed by atoms with van der Waals surface area (Å²) in [5, 5.41) is 9.04. The molecule has 0 atom stereocenters. The summed E-state index contributed by atoms with van der Waals surface area (Å²) < 4.78 is 23.9. The van der Waals surface area contributed by atoms with E-state index in [1.165, 1.54) is 12.1 Å². The Balaban J connectivity index is 1.75. The van der Waals surface area contributed by atoms with Gasteiger partial charge >= 0.3 is 0 Å². The maximum absolute atomic E-state index is 13.3. The van der Waals surface area contributed by atoms with Crippen LogP contribution in [0.5, 0.6) is 0 Å². The highest BCUT2D eigenvalue weighted by Gasteiger charge is 2.37. The van der Waals surface area contributed by atoms with Gasteiger partial charge in [0.25, 0.3) is 0 Å². The van der Waals surface area contributed by atoms with E-state index in [-0.39, 0.29) is 10.9 Å². The van der Waals surface area contributed by atoms with Gasteiger partial charge in [-0.25, -0.2) is 4.39 Å². The summed E-state index contributed by atoms with van der Waals surface area (Å²) in [6.07, 6.45) is 0. The highest BCUT2D eigenvalue weighted by atomic mass is 28.4. The van der Waals surface area contributed by atoms with Crippen LogP contribution < -0.4 is 0 Å². The molecular weight excluding hydrogens is 383 g/mol. The molecule has 0 bridgehead atoms. The maximum Gasteiger partial charge on any atom is 0.236 e. The fraction of sp³-hybridized carbons (Fsp3) is 0.364. The summed E-state index contributed by atoms with van der Waals surface area (Å²) in [7, 11) is -1.90. The number of halogens is 1. The maximum atomic E-state index is 13.3. The van der Waals surface area contributed by atoms with Crippen molar-refractivity contribution in [2.75, 3.05) is 0 Å². The molecule has 152 valence electrons. The predicted octanol–water partition coefficient (Wildman–Crippen LogP) is 5.39. The zero-order valence-corrected chi connectivity index (χ0v) is 18.6. The molecule has 2 heterocycles. The Labute approximate surface area is 171 Å². The normalized spacial score (nSPS) is 12.9. The van der Waals surface area contributed by atoms with E-state index in [4.69, 9.17) is 4.43 Å². The molecule has 0 aliphatic rings. The van der Waals surface area contributed by atoms with Crippen LogP contribution in [0, 0.1) is 5.82 Å². The van der Waals surface area contributed by atoms with Crippen LogP contribution >= 0.6 is 0 Å². The van der Waals surface area contributed by atoms with Crippen molar-refractivity contribution in [3.05, 3.63) is 65.7 Å². The molecule has 4 rings (SSSR count). The van der Waals surface area contributed by atoms with E-state index in [0.717, 1.165) is 28.2 Å². The summed E-state index contributed by atoms with van der Waals surface area (Å²) in [5.74, 6) is 1.34. The van der Waals surface area contributed by atoms with E-state index in [0.29, 0.717) is 13.2 Å². The smallest absolute Gasteiger partial charge is 0.236 e. The van der Waals surface area contributed by atoms with Gasteiger partial charge in [-0.15, -0.1) is 10.2 Å². The molecule has 4 aromatic rings. The van der Waals surface area contributed by atoms with Crippen molar-refractivity contribution in [3.63, 3.8) is 0 Å². The van der Waals surface area contributed by atoms with Gasteiger partial charge in [0.2, 0.25) is 5.78 Å². The average molecular weight is 411 g/mol. The van der Waals surface area contributed by atoms with Crippen molar-refractivity contribution in [2.45, 2.75) is 52.1 Å². The van der Waals surface area contributed by atoms with E-state index < -0.39 is 8.32 Å². The topological polar surface area (TPSA) is 44.4 Å². The molecular formula is C22H27FN4OSi. The molecule has 29 heavy (non-hydrogen) atoms. The summed E-state index contributed by atoms with van der Waals surface area (Å²) in [6, 6.07) is 14.8. The third-order valence-corrected chi connectivity index (χ3v) is 10.5. The number of fused-ring (bicyclic) bond motifs is 3. The fourth-order valence-electron chi connectivity index (χ4n) is 3.20. The van der Waals surface area contributed by atoms with Crippen molar-refractivity contribution in [2.24, 2.45) is 0 Å². The molecule has 0 N–H and O–H groups in total. The second-order valence-corrected chi connectivity index (χ2v) is 13.8. The summed E-state index contributed by atoms with van der Waals surface area (Å²) in [5.41, 5.74) is 3.12. The number of nitrogens with zero attached hydrogens (tertiary/aromatic N) is 4.